The standard InChI is InChI=1S/C16H20N2O/c1-11-4-5-12(2)14(8-11)10-19-16-7-6-13(3)18-15(16)9-17/h4-8H,9-10,17H2,1-3H3. The zero-order valence-electron chi connectivity index (χ0n) is 11.7. The van der Waals surface area contributed by atoms with Gasteiger partial charge >= 0.3 is 0 Å². The summed E-state index contributed by atoms with van der Waals surface area (Å²) in [4.78, 5) is 4.39. The summed E-state index contributed by atoms with van der Waals surface area (Å²) in [6.45, 7) is 7.07. The van der Waals surface area contributed by atoms with Crippen LogP contribution >= 0.6 is 0 Å². The molecule has 2 rings (SSSR count). The highest BCUT2D eigenvalue weighted by molar-refractivity contribution is 5.32. The lowest BCUT2D eigenvalue weighted by Crippen LogP contribution is -2.06. The molecule has 100 valence electrons. The van der Waals surface area contributed by atoms with Crippen molar-refractivity contribution in [1.29, 1.82) is 0 Å². The second-order valence-corrected chi connectivity index (χ2v) is 4.82. The summed E-state index contributed by atoms with van der Waals surface area (Å²) in [5, 5.41) is 0. The van der Waals surface area contributed by atoms with Crippen molar-refractivity contribution in [2.45, 2.75) is 33.9 Å². The number of aryl methyl sites for hydroxylation is 3. The number of benzene rings is 1. The number of hydrogen-bond acceptors (Lipinski definition) is 3. The normalized spacial score (nSPS) is 10.5. The molecule has 0 aliphatic carbocycles. The molecule has 0 aliphatic heterocycles. The first-order valence-electron chi connectivity index (χ1n) is 6.45. The fourth-order valence-corrected chi connectivity index (χ4v) is 1.99. The predicted molar refractivity (Wildman–Crippen MR) is 77.1 cm³/mol. The summed E-state index contributed by atoms with van der Waals surface area (Å²) in [5.41, 5.74) is 11.1. The molecule has 0 saturated heterocycles. The van der Waals surface area contributed by atoms with Crippen LogP contribution in [0.1, 0.15) is 28.1 Å². The largest absolute Gasteiger partial charge is 0.487 e. The molecule has 0 atom stereocenters. The lowest BCUT2D eigenvalue weighted by atomic mass is 10.1. The molecule has 0 radical (unpaired) electrons. The molecule has 0 spiro atoms. The Labute approximate surface area is 114 Å². The molecule has 1 aromatic heterocycles. The van der Waals surface area contributed by atoms with Crippen molar-refractivity contribution < 1.29 is 4.74 Å². The first-order valence-corrected chi connectivity index (χ1v) is 6.45. The van der Waals surface area contributed by atoms with Crippen molar-refractivity contribution in [2.75, 3.05) is 0 Å². The van der Waals surface area contributed by atoms with Gasteiger partial charge in [-0.1, -0.05) is 23.8 Å². The van der Waals surface area contributed by atoms with Gasteiger partial charge in [0.25, 0.3) is 0 Å². The molecule has 0 bridgehead atoms. The maximum Gasteiger partial charge on any atom is 0.142 e. The van der Waals surface area contributed by atoms with Gasteiger partial charge in [-0.25, -0.2) is 0 Å². The predicted octanol–water partition coefficient (Wildman–Crippen LogP) is 3.04. The molecule has 2 aromatic rings. The van der Waals surface area contributed by atoms with E-state index in [4.69, 9.17) is 10.5 Å². The minimum absolute atomic E-state index is 0.393. The topological polar surface area (TPSA) is 48.1 Å². The highest BCUT2D eigenvalue weighted by Crippen LogP contribution is 2.19. The molecule has 0 unspecified atom stereocenters. The number of hydrogen-bond donors (Lipinski definition) is 1. The quantitative estimate of drug-likeness (QED) is 0.914. The molecule has 0 aliphatic rings. The van der Waals surface area contributed by atoms with Gasteiger partial charge in [0.05, 0.1) is 5.69 Å². The second-order valence-electron chi connectivity index (χ2n) is 4.82. The van der Waals surface area contributed by atoms with Crippen molar-refractivity contribution in [3.8, 4) is 5.75 Å². The molecule has 1 heterocycles. The van der Waals surface area contributed by atoms with Crippen LogP contribution in [0, 0.1) is 20.8 Å². The molecule has 3 nitrogen and oxygen atoms in total. The Morgan fingerprint density at radius 3 is 2.63 bits per heavy atom. The maximum absolute atomic E-state index is 5.86. The number of nitrogens with zero attached hydrogens (tertiary/aromatic N) is 1. The van der Waals surface area contributed by atoms with Gasteiger partial charge in [0.1, 0.15) is 12.4 Å². The van der Waals surface area contributed by atoms with Crippen molar-refractivity contribution >= 4 is 0 Å². The zero-order valence-corrected chi connectivity index (χ0v) is 11.7. The number of rotatable bonds is 4. The maximum atomic E-state index is 5.86. The summed E-state index contributed by atoms with van der Waals surface area (Å²) >= 11 is 0. The van der Waals surface area contributed by atoms with E-state index in [1.807, 2.05) is 19.1 Å². The molecule has 2 N–H and O–H groups in total. The van der Waals surface area contributed by atoms with E-state index in [2.05, 4.69) is 37.0 Å². The second kappa shape index (κ2) is 5.85. The number of ether oxygens (including phenoxy) is 1. The Morgan fingerprint density at radius 1 is 1.11 bits per heavy atom. The van der Waals surface area contributed by atoms with Gasteiger partial charge in [-0.3, -0.25) is 4.98 Å². The van der Waals surface area contributed by atoms with E-state index in [9.17, 15) is 0 Å². The molecular weight excluding hydrogens is 236 g/mol. The van der Waals surface area contributed by atoms with E-state index < -0.39 is 0 Å². The van der Waals surface area contributed by atoms with Gasteiger partial charge in [-0.05, 0) is 44.0 Å². The first kappa shape index (κ1) is 13.6. The van der Waals surface area contributed by atoms with E-state index in [0.717, 1.165) is 17.1 Å². The Balaban J connectivity index is 2.16. The smallest absolute Gasteiger partial charge is 0.142 e. The minimum atomic E-state index is 0.393. The Kier molecular flexibility index (Phi) is 4.17. The van der Waals surface area contributed by atoms with Crippen LogP contribution in [0.4, 0.5) is 0 Å². The zero-order chi connectivity index (χ0) is 13.8. The van der Waals surface area contributed by atoms with Gasteiger partial charge in [0.2, 0.25) is 0 Å². The number of pyridine rings is 1. The van der Waals surface area contributed by atoms with Crippen LogP contribution < -0.4 is 10.5 Å². The van der Waals surface area contributed by atoms with Crippen LogP contribution in [0.25, 0.3) is 0 Å². The summed E-state index contributed by atoms with van der Waals surface area (Å²) < 4.78 is 5.86. The highest BCUT2D eigenvalue weighted by Gasteiger charge is 2.06. The van der Waals surface area contributed by atoms with Crippen molar-refractivity contribution in [1.82, 2.24) is 4.98 Å². The molecular formula is C16H20N2O. The van der Waals surface area contributed by atoms with Crippen LogP contribution in [-0.4, -0.2) is 4.98 Å². The summed E-state index contributed by atoms with van der Waals surface area (Å²) in [5.74, 6) is 0.772. The molecule has 0 amide bonds. The lowest BCUT2D eigenvalue weighted by Gasteiger charge is -2.12. The van der Waals surface area contributed by atoms with Crippen LogP contribution in [0.5, 0.6) is 5.75 Å². The summed E-state index contributed by atoms with van der Waals surface area (Å²) in [6.07, 6.45) is 0. The third-order valence-corrected chi connectivity index (χ3v) is 3.15. The average Bonchev–Trinajstić information content (AvgIpc) is 2.40. The molecule has 3 heteroatoms. The van der Waals surface area contributed by atoms with E-state index in [0.29, 0.717) is 13.2 Å². The van der Waals surface area contributed by atoms with Gasteiger partial charge < -0.3 is 10.5 Å². The molecule has 1 aromatic carbocycles. The number of aromatic nitrogens is 1. The average molecular weight is 256 g/mol. The van der Waals surface area contributed by atoms with E-state index in [1.165, 1.54) is 16.7 Å². The van der Waals surface area contributed by atoms with E-state index >= 15 is 0 Å². The van der Waals surface area contributed by atoms with Crippen LogP contribution in [0.15, 0.2) is 30.3 Å². The number of nitrogens with two attached hydrogens (primary N) is 1. The van der Waals surface area contributed by atoms with Gasteiger partial charge in [-0.15, -0.1) is 0 Å². The van der Waals surface area contributed by atoms with E-state index in [1.54, 1.807) is 0 Å². The Hall–Kier alpha value is -1.87. The summed E-state index contributed by atoms with van der Waals surface area (Å²) in [7, 11) is 0. The molecule has 19 heavy (non-hydrogen) atoms. The van der Waals surface area contributed by atoms with Gasteiger partial charge in [-0.2, -0.15) is 0 Å². The van der Waals surface area contributed by atoms with Crippen molar-refractivity contribution in [2.24, 2.45) is 5.73 Å². The third kappa shape index (κ3) is 3.32. The van der Waals surface area contributed by atoms with Crippen LogP contribution in [0.2, 0.25) is 0 Å². The first-order chi connectivity index (χ1) is 9.10. The monoisotopic (exact) mass is 256 g/mol. The fourth-order valence-electron chi connectivity index (χ4n) is 1.99. The van der Waals surface area contributed by atoms with Crippen molar-refractivity contribution in [3.63, 3.8) is 0 Å². The molecule has 0 saturated carbocycles. The van der Waals surface area contributed by atoms with Crippen LogP contribution in [0.3, 0.4) is 0 Å². The van der Waals surface area contributed by atoms with Crippen molar-refractivity contribution in [3.05, 3.63) is 58.4 Å². The van der Waals surface area contributed by atoms with Gasteiger partial charge in [0, 0.05) is 12.2 Å². The SMILES string of the molecule is Cc1ccc(C)c(COc2ccc(C)nc2CN)c1. The minimum Gasteiger partial charge on any atom is -0.487 e. The Bertz CT molecular complexity index is 579. The van der Waals surface area contributed by atoms with Gasteiger partial charge in [0.15, 0.2) is 0 Å². The molecule has 0 fully saturated rings. The van der Waals surface area contributed by atoms with E-state index in [-0.39, 0.29) is 0 Å². The lowest BCUT2D eigenvalue weighted by molar-refractivity contribution is 0.300. The third-order valence-electron chi connectivity index (χ3n) is 3.15. The summed E-state index contributed by atoms with van der Waals surface area (Å²) in [6, 6.07) is 10.3. The fraction of sp³-hybridized carbons (Fsp3) is 0.312. The Morgan fingerprint density at radius 2 is 1.89 bits per heavy atom. The highest BCUT2D eigenvalue weighted by atomic mass is 16.5. The van der Waals surface area contributed by atoms with Crippen LogP contribution in [-0.2, 0) is 13.2 Å².